The van der Waals surface area contributed by atoms with Crippen LogP contribution in [-0.2, 0) is 4.79 Å². The number of ketones is 1. The van der Waals surface area contributed by atoms with Gasteiger partial charge in [-0.1, -0.05) is 18.2 Å². The van der Waals surface area contributed by atoms with E-state index >= 15 is 0 Å². The molecule has 4 heteroatoms. The van der Waals surface area contributed by atoms with E-state index < -0.39 is 0 Å². The molecule has 0 aliphatic rings. The summed E-state index contributed by atoms with van der Waals surface area (Å²) in [5.41, 5.74) is 2.38. The van der Waals surface area contributed by atoms with E-state index in [1.165, 1.54) is 6.92 Å². The summed E-state index contributed by atoms with van der Waals surface area (Å²) < 4.78 is 0. The molecule has 1 amide bonds. The van der Waals surface area contributed by atoms with Gasteiger partial charge in [-0.15, -0.1) is 0 Å². The van der Waals surface area contributed by atoms with Crippen LogP contribution in [0.5, 0.6) is 0 Å². The number of rotatable bonds is 6. The Bertz CT molecular complexity index is 636. The number of hydrogen-bond acceptors (Lipinski definition) is 3. The molecule has 0 radical (unpaired) electrons. The van der Waals surface area contributed by atoms with Gasteiger partial charge in [-0.2, -0.15) is 0 Å². The Morgan fingerprint density at radius 1 is 1.00 bits per heavy atom. The molecule has 1 N–H and O–H groups in total. The van der Waals surface area contributed by atoms with Crippen molar-refractivity contribution in [2.24, 2.45) is 0 Å². The van der Waals surface area contributed by atoms with Crippen molar-refractivity contribution in [3.8, 4) is 0 Å². The van der Waals surface area contributed by atoms with E-state index in [0.717, 1.165) is 11.4 Å². The molecule has 2 rings (SSSR count). The number of likely N-dealkylation sites (N-methyl/N-ethyl adjacent to an activating group) is 1. The number of benzene rings is 2. The van der Waals surface area contributed by atoms with Gasteiger partial charge in [-0.05, 0) is 50.2 Å². The second-order valence-corrected chi connectivity index (χ2v) is 4.96. The first-order valence-corrected chi connectivity index (χ1v) is 7.32. The molecule has 0 fully saturated rings. The first-order valence-electron chi connectivity index (χ1n) is 7.32. The quantitative estimate of drug-likeness (QED) is 0.832. The van der Waals surface area contributed by atoms with Crippen LogP contribution in [0.3, 0.4) is 0 Å². The molecule has 0 bridgehead atoms. The highest BCUT2D eigenvalue weighted by molar-refractivity contribution is 5.96. The van der Waals surface area contributed by atoms with Crippen molar-refractivity contribution < 1.29 is 9.59 Å². The summed E-state index contributed by atoms with van der Waals surface area (Å²) in [6.45, 7) is 4.31. The normalized spacial score (nSPS) is 10.1. The molecule has 0 atom stereocenters. The van der Waals surface area contributed by atoms with Gasteiger partial charge >= 0.3 is 0 Å². The standard InChI is InChI=1S/C18H20N2O2/c1-3-20(17-7-5-4-6-8-17)18(22)13-19-16-11-9-15(10-12-16)14(2)21/h4-12,19H,3,13H2,1-2H3. The monoisotopic (exact) mass is 296 g/mol. The van der Waals surface area contributed by atoms with Gasteiger partial charge < -0.3 is 10.2 Å². The van der Waals surface area contributed by atoms with Gasteiger partial charge in [0.25, 0.3) is 0 Å². The molecule has 2 aromatic carbocycles. The molecule has 0 saturated carbocycles. The number of hydrogen-bond donors (Lipinski definition) is 1. The molecule has 0 saturated heterocycles. The lowest BCUT2D eigenvalue weighted by Crippen LogP contribution is -2.35. The highest BCUT2D eigenvalue weighted by Gasteiger charge is 2.13. The average Bonchev–Trinajstić information content (AvgIpc) is 2.55. The smallest absolute Gasteiger partial charge is 0.246 e. The molecule has 22 heavy (non-hydrogen) atoms. The molecule has 2 aromatic rings. The Morgan fingerprint density at radius 2 is 1.64 bits per heavy atom. The van der Waals surface area contributed by atoms with E-state index in [-0.39, 0.29) is 18.2 Å². The summed E-state index contributed by atoms with van der Waals surface area (Å²) in [5, 5.41) is 3.09. The first-order chi connectivity index (χ1) is 10.6. The van der Waals surface area contributed by atoms with Crippen LogP contribution < -0.4 is 10.2 Å². The minimum Gasteiger partial charge on any atom is -0.376 e. The van der Waals surface area contributed by atoms with Gasteiger partial charge in [0, 0.05) is 23.5 Å². The zero-order valence-electron chi connectivity index (χ0n) is 12.9. The number of carbonyl (C=O) groups is 2. The first kappa shape index (κ1) is 15.8. The molecule has 0 aliphatic carbocycles. The highest BCUT2D eigenvalue weighted by Crippen LogP contribution is 2.14. The SMILES string of the molecule is CCN(C(=O)CNc1ccc(C(C)=O)cc1)c1ccccc1. The molecule has 0 aliphatic heterocycles. The van der Waals surface area contributed by atoms with Crippen LogP contribution in [0.4, 0.5) is 11.4 Å². The summed E-state index contributed by atoms with van der Waals surface area (Å²) in [6.07, 6.45) is 0. The molecular weight excluding hydrogens is 276 g/mol. The van der Waals surface area contributed by atoms with Crippen LogP contribution in [-0.4, -0.2) is 24.8 Å². The van der Waals surface area contributed by atoms with E-state index in [4.69, 9.17) is 0 Å². The van der Waals surface area contributed by atoms with Gasteiger partial charge in [-0.25, -0.2) is 0 Å². The summed E-state index contributed by atoms with van der Waals surface area (Å²) in [7, 11) is 0. The summed E-state index contributed by atoms with van der Waals surface area (Å²) in [6, 6.07) is 16.7. The van der Waals surface area contributed by atoms with Gasteiger partial charge in [0.1, 0.15) is 0 Å². The zero-order chi connectivity index (χ0) is 15.9. The molecule has 0 spiro atoms. The molecule has 0 heterocycles. The maximum atomic E-state index is 12.3. The van der Waals surface area contributed by atoms with Gasteiger partial charge in [0.05, 0.1) is 6.54 Å². The Kier molecular flexibility index (Phi) is 5.31. The minimum absolute atomic E-state index is 0.00402. The molecule has 0 unspecified atom stereocenters. The van der Waals surface area contributed by atoms with E-state index in [2.05, 4.69) is 5.32 Å². The van der Waals surface area contributed by atoms with Crippen LogP contribution in [0.15, 0.2) is 54.6 Å². The molecule has 4 nitrogen and oxygen atoms in total. The van der Waals surface area contributed by atoms with E-state index in [1.807, 2.05) is 49.4 Å². The van der Waals surface area contributed by atoms with Crippen molar-refractivity contribution in [1.82, 2.24) is 0 Å². The second-order valence-electron chi connectivity index (χ2n) is 4.96. The third-order valence-corrected chi connectivity index (χ3v) is 3.42. The molecule has 0 aromatic heterocycles. The Hall–Kier alpha value is -2.62. The maximum Gasteiger partial charge on any atom is 0.246 e. The predicted molar refractivity (Wildman–Crippen MR) is 89.4 cm³/mol. The van der Waals surface area contributed by atoms with Crippen molar-refractivity contribution in [3.05, 3.63) is 60.2 Å². The number of anilines is 2. The summed E-state index contributed by atoms with van der Waals surface area (Å²) in [4.78, 5) is 25.3. The fourth-order valence-corrected chi connectivity index (χ4v) is 2.21. The third kappa shape index (κ3) is 3.95. The van der Waals surface area contributed by atoms with Gasteiger partial charge in [0.2, 0.25) is 5.91 Å². The lowest BCUT2D eigenvalue weighted by molar-refractivity contribution is -0.116. The van der Waals surface area contributed by atoms with E-state index in [1.54, 1.807) is 17.0 Å². The topological polar surface area (TPSA) is 49.4 Å². The largest absolute Gasteiger partial charge is 0.376 e. The lowest BCUT2D eigenvalue weighted by Gasteiger charge is -2.21. The van der Waals surface area contributed by atoms with Crippen LogP contribution >= 0.6 is 0 Å². The van der Waals surface area contributed by atoms with Gasteiger partial charge in [0.15, 0.2) is 5.78 Å². The number of Topliss-reactive ketones (excluding diaryl/α,β-unsaturated/α-hetero) is 1. The van der Waals surface area contributed by atoms with Crippen molar-refractivity contribution in [3.63, 3.8) is 0 Å². The Balaban J connectivity index is 1.98. The third-order valence-electron chi connectivity index (χ3n) is 3.42. The average molecular weight is 296 g/mol. The summed E-state index contributed by atoms with van der Waals surface area (Å²) >= 11 is 0. The van der Waals surface area contributed by atoms with E-state index in [0.29, 0.717) is 12.1 Å². The molecule has 114 valence electrons. The number of nitrogens with one attached hydrogen (secondary N) is 1. The highest BCUT2D eigenvalue weighted by atomic mass is 16.2. The Morgan fingerprint density at radius 3 is 2.18 bits per heavy atom. The number of nitrogens with zero attached hydrogens (tertiary/aromatic N) is 1. The lowest BCUT2D eigenvalue weighted by atomic mass is 10.1. The van der Waals surface area contributed by atoms with Crippen molar-refractivity contribution in [2.75, 3.05) is 23.3 Å². The second kappa shape index (κ2) is 7.41. The van der Waals surface area contributed by atoms with Crippen molar-refractivity contribution >= 4 is 23.1 Å². The van der Waals surface area contributed by atoms with Crippen LogP contribution in [0, 0.1) is 0 Å². The minimum atomic E-state index is 0.00402. The van der Waals surface area contributed by atoms with Crippen molar-refractivity contribution in [1.29, 1.82) is 0 Å². The van der Waals surface area contributed by atoms with Crippen molar-refractivity contribution in [2.45, 2.75) is 13.8 Å². The van der Waals surface area contributed by atoms with Gasteiger partial charge in [-0.3, -0.25) is 9.59 Å². The van der Waals surface area contributed by atoms with E-state index in [9.17, 15) is 9.59 Å². The zero-order valence-corrected chi connectivity index (χ0v) is 12.9. The van der Waals surface area contributed by atoms with Crippen LogP contribution in [0.2, 0.25) is 0 Å². The Labute approximate surface area is 130 Å². The summed E-state index contributed by atoms with van der Waals surface area (Å²) in [5.74, 6) is 0.0354. The predicted octanol–water partition coefficient (Wildman–Crippen LogP) is 3.35. The number of amides is 1. The fraction of sp³-hybridized carbons (Fsp3) is 0.222. The van der Waals surface area contributed by atoms with Crippen LogP contribution in [0.25, 0.3) is 0 Å². The van der Waals surface area contributed by atoms with Crippen LogP contribution in [0.1, 0.15) is 24.2 Å². The molecular formula is C18H20N2O2. The fourth-order valence-electron chi connectivity index (χ4n) is 2.21. The number of para-hydroxylation sites is 1. The number of carbonyl (C=O) groups excluding carboxylic acids is 2. The maximum absolute atomic E-state index is 12.3.